The lowest BCUT2D eigenvalue weighted by atomic mass is 10.2. The molecule has 0 radical (unpaired) electrons. The zero-order chi connectivity index (χ0) is 17.3. The molecular weight excluding hydrogens is 366 g/mol. The summed E-state index contributed by atoms with van der Waals surface area (Å²) in [5.41, 5.74) is 2.20. The van der Waals surface area contributed by atoms with Gasteiger partial charge in [0.1, 0.15) is 4.70 Å². The molecule has 1 aromatic carbocycles. The molecule has 2 aromatic heterocycles. The number of carbonyl (C=O) groups is 1. The molecule has 24 heavy (non-hydrogen) atoms. The SMILES string of the molecule is COC(=O)CSc1nc2c(sc(=S)n2-c2ccc(C)cc2)c(=O)[nH]1. The Hall–Kier alpha value is -1.97. The monoisotopic (exact) mass is 379 g/mol. The first kappa shape index (κ1) is 16.9. The van der Waals surface area contributed by atoms with Crippen LogP contribution in [0.2, 0.25) is 0 Å². The molecule has 0 atom stereocenters. The van der Waals surface area contributed by atoms with Crippen LogP contribution >= 0.6 is 35.3 Å². The lowest BCUT2D eigenvalue weighted by molar-refractivity contribution is -0.137. The van der Waals surface area contributed by atoms with Gasteiger partial charge in [0.2, 0.25) is 0 Å². The summed E-state index contributed by atoms with van der Waals surface area (Å²) in [7, 11) is 1.32. The van der Waals surface area contributed by atoms with Gasteiger partial charge in [-0.15, -0.1) is 0 Å². The Balaban J connectivity index is 2.12. The van der Waals surface area contributed by atoms with Crippen molar-refractivity contribution < 1.29 is 9.53 Å². The van der Waals surface area contributed by atoms with Crippen molar-refractivity contribution in [3.05, 3.63) is 44.1 Å². The highest BCUT2D eigenvalue weighted by Gasteiger charge is 2.14. The third kappa shape index (κ3) is 3.28. The number of nitrogens with one attached hydrogen (secondary N) is 1. The first-order chi connectivity index (χ1) is 11.5. The number of methoxy groups -OCH3 is 1. The number of hydrogen-bond donors (Lipinski definition) is 1. The molecule has 0 saturated carbocycles. The highest BCUT2D eigenvalue weighted by molar-refractivity contribution is 7.99. The number of aromatic amines is 1. The van der Waals surface area contributed by atoms with Crippen LogP contribution in [0.4, 0.5) is 0 Å². The first-order valence-corrected chi connectivity index (χ1v) is 9.13. The fraction of sp³-hybridized carbons (Fsp3) is 0.200. The standard InChI is InChI=1S/C15H13N3O3S3/c1-8-3-5-9(6-4-8)18-12-11(24-15(18)22)13(20)17-14(16-12)23-7-10(19)21-2/h3-6H,7H2,1-2H3,(H,16,17,20). The van der Waals surface area contributed by atoms with Gasteiger partial charge >= 0.3 is 5.97 Å². The van der Waals surface area contributed by atoms with Gasteiger partial charge in [0.05, 0.1) is 12.9 Å². The van der Waals surface area contributed by atoms with E-state index in [1.165, 1.54) is 18.4 Å². The molecule has 3 aromatic rings. The Bertz CT molecular complexity index is 1020. The average molecular weight is 379 g/mol. The summed E-state index contributed by atoms with van der Waals surface area (Å²) in [4.78, 5) is 30.7. The van der Waals surface area contributed by atoms with Crippen LogP contribution in [0.3, 0.4) is 0 Å². The summed E-state index contributed by atoms with van der Waals surface area (Å²) in [5.74, 6) is -0.316. The average Bonchev–Trinajstić information content (AvgIpc) is 2.90. The molecule has 3 rings (SSSR count). The Morgan fingerprint density at radius 3 is 2.79 bits per heavy atom. The van der Waals surface area contributed by atoms with Gasteiger partial charge in [-0.25, -0.2) is 4.98 Å². The number of thiazole rings is 1. The maximum atomic E-state index is 12.3. The zero-order valence-electron chi connectivity index (χ0n) is 12.9. The van der Waals surface area contributed by atoms with Crippen molar-refractivity contribution in [1.29, 1.82) is 0 Å². The number of benzene rings is 1. The van der Waals surface area contributed by atoms with E-state index in [1.807, 2.05) is 31.2 Å². The number of esters is 1. The fourth-order valence-corrected chi connectivity index (χ4v) is 4.03. The van der Waals surface area contributed by atoms with E-state index in [0.717, 1.165) is 23.0 Å². The van der Waals surface area contributed by atoms with Crippen molar-refractivity contribution >= 4 is 51.6 Å². The van der Waals surface area contributed by atoms with E-state index >= 15 is 0 Å². The molecule has 0 aliphatic carbocycles. The van der Waals surface area contributed by atoms with Crippen LogP contribution in [-0.2, 0) is 9.53 Å². The molecule has 0 aliphatic heterocycles. The molecule has 0 unspecified atom stereocenters. The van der Waals surface area contributed by atoms with Crippen LogP contribution < -0.4 is 5.56 Å². The fourth-order valence-electron chi connectivity index (χ4n) is 2.07. The van der Waals surface area contributed by atoms with Crippen LogP contribution in [-0.4, -0.2) is 33.4 Å². The smallest absolute Gasteiger partial charge is 0.316 e. The molecule has 2 heterocycles. The van der Waals surface area contributed by atoms with Crippen LogP contribution in [0.15, 0.2) is 34.2 Å². The lowest BCUT2D eigenvalue weighted by Gasteiger charge is -2.05. The molecular formula is C15H13N3O3S3. The number of carbonyl (C=O) groups excluding carboxylic acids is 1. The van der Waals surface area contributed by atoms with Gasteiger partial charge in [-0.3, -0.25) is 14.2 Å². The minimum absolute atomic E-state index is 0.0698. The van der Waals surface area contributed by atoms with Gasteiger partial charge in [-0.1, -0.05) is 40.8 Å². The van der Waals surface area contributed by atoms with Gasteiger partial charge in [0, 0.05) is 5.69 Å². The van der Waals surface area contributed by atoms with Crippen molar-refractivity contribution in [3.8, 4) is 5.69 Å². The van der Waals surface area contributed by atoms with Gasteiger partial charge in [-0.2, -0.15) is 0 Å². The normalized spacial score (nSPS) is 10.9. The second-order valence-corrected chi connectivity index (χ2v) is 7.54. The number of rotatable bonds is 4. The number of aryl methyl sites for hydroxylation is 1. The minimum atomic E-state index is -0.386. The first-order valence-electron chi connectivity index (χ1n) is 6.92. The minimum Gasteiger partial charge on any atom is -0.468 e. The predicted octanol–water partition coefficient (Wildman–Crippen LogP) is 3.08. The number of ether oxygens (including phenoxy) is 1. The van der Waals surface area contributed by atoms with Crippen LogP contribution in [0.1, 0.15) is 5.56 Å². The number of hydrogen-bond acceptors (Lipinski definition) is 7. The molecule has 0 fully saturated rings. The van der Waals surface area contributed by atoms with E-state index in [9.17, 15) is 9.59 Å². The predicted molar refractivity (Wildman–Crippen MR) is 97.9 cm³/mol. The van der Waals surface area contributed by atoms with Crippen LogP contribution in [0.5, 0.6) is 0 Å². The van der Waals surface area contributed by atoms with Crippen molar-refractivity contribution in [2.75, 3.05) is 12.9 Å². The molecule has 0 spiro atoms. The van der Waals surface area contributed by atoms with E-state index in [0.29, 0.717) is 19.5 Å². The summed E-state index contributed by atoms with van der Waals surface area (Å²) >= 11 is 7.73. The van der Waals surface area contributed by atoms with Crippen molar-refractivity contribution in [2.24, 2.45) is 0 Å². The second-order valence-electron chi connectivity index (χ2n) is 4.93. The number of fused-ring (bicyclic) bond motifs is 1. The maximum Gasteiger partial charge on any atom is 0.316 e. The number of nitrogens with zero attached hydrogens (tertiary/aromatic N) is 2. The highest BCUT2D eigenvalue weighted by Crippen LogP contribution is 2.24. The molecule has 0 bridgehead atoms. The summed E-state index contributed by atoms with van der Waals surface area (Å²) in [6.07, 6.45) is 0. The molecule has 6 nitrogen and oxygen atoms in total. The van der Waals surface area contributed by atoms with Gasteiger partial charge in [0.25, 0.3) is 5.56 Å². The Morgan fingerprint density at radius 2 is 2.12 bits per heavy atom. The number of H-pyrrole nitrogens is 1. The van der Waals surface area contributed by atoms with Gasteiger partial charge in [-0.05, 0) is 31.3 Å². The summed E-state index contributed by atoms with van der Waals surface area (Å²) in [5, 5.41) is 0.353. The van der Waals surface area contributed by atoms with Gasteiger partial charge in [0.15, 0.2) is 14.8 Å². The largest absolute Gasteiger partial charge is 0.468 e. The molecule has 1 N–H and O–H groups in total. The maximum absolute atomic E-state index is 12.3. The summed E-state index contributed by atoms with van der Waals surface area (Å²) in [6, 6.07) is 7.81. The van der Waals surface area contributed by atoms with E-state index in [2.05, 4.69) is 14.7 Å². The van der Waals surface area contributed by atoms with E-state index < -0.39 is 0 Å². The topological polar surface area (TPSA) is 77.0 Å². The molecule has 0 amide bonds. The van der Waals surface area contributed by atoms with Crippen LogP contribution in [0.25, 0.3) is 16.0 Å². The highest BCUT2D eigenvalue weighted by atomic mass is 32.2. The number of thioether (sulfide) groups is 1. The van der Waals surface area contributed by atoms with E-state index in [-0.39, 0.29) is 17.3 Å². The second kappa shape index (κ2) is 6.88. The zero-order valence-corrected chi connectivity index (χ0v) is 15.3. The quantitative estimate of drug-likeness (QED) is 0.325. The summed E-state index contributed by atoms with van der Waals surface area (Å²) < 4.78 is 7.37. The van der Waals surface area contributed by atoms with Crippen molar-refractivity contribution in [2.45, 2.75) is 12.1 Å². The van der Waals surface area contributed by atoms with Gasteiger partial charge < -0.3 is 9.72 Å². The molecule has 9 heteroatoms. The van der Waals surface area contributed by atoms with Crippen molar-refractivity contribution in [1.82, 2.24) is 14.5 Å². The van der Waals surface area contributed by atoms with Crippen LogP contribution in [0, 0.1) is 10.9 Å². The number of aromatic nitrogens is 3. The Morgan fingerprint density at radius 1 is 1.42 bits per heavy atom. The van der Waals surface area contributed by atoms with E-state index in [4.69, 9.17) is 12.2 Å². The third-order valence-electron chi connectivity index (χ3n) is 3.27. The van der Waals surface area contributed by atoms with Crippen molar-refractivity contribution in [3.63, 3.8) is 0 Å². The molecule has 0 aliphatic rings. The lowest BCUT2D eigenvalue weighted by Crippen LogP contribution is -2.11. The third-order valence-corrected chi connectivity index (χ3v) is 5.48. The Kier molecular flexibility index (Phi) is 4.83. The summed E-state index contributed by atoms with van der Waals surface area (Å²) in [6.45, 7) is 2.00. The molecule has 0 saturated heterocycles. The Labute approximate surface area is 150 Å². The molecule has 124 valence electrons. The van der Waals surface area contributed by atoms with E-state index in [1.54, 1.807) is 4.57 Å².